The first-order chi connectivity index (χ1) is 10.5. The van der Waals surface area contributed by atoms with E-state index in [9.17, 15) is 4.79 Å². The van der Waals surface area contributed by atoms with Crippen molar-refractivity contribution in [3.63, 3.8) is 0 Å². The average Bonchev–Trinajstić information content (AvgIpc) is 2.51. The van der Waals surface area contributed by atoms with Crippen LogP contribution in [0.1, 0.15) is 21.7 Å². The van der Waals surface area contributed by atoms with Crippen molar-refractivity contribution in [2.24, 2.45) is 0 Å². The van der Waals surface area contributed by atoms with E-state index in [-0.39, 0.29) is 23.7 Å². The second kappa shape index (κ2) is 6.75. The van der Waals surface area contributed by atoms with Crippen molar-refractivity contribution in [1.82, 2.24) is 9.97 Å². The maximum atomic E-state index is 11.1. The summed E-state index contributed by atoms with van der Waals surface area (Å²) in [5, 5.41) is 9.08. The minimum atomic E-state index is -1.08. The van der Waals surface area contributed by atoms with E-state index >= 15 is 0 Å². The molecule has 0 radical (unpaired) electrons. The lowest BCUT2D eigenvalue weighted by molar-refractivity contribution is 0.0696. The highest BCUT2D eigenvalue weighted by Gasteiger charge is 2.17. The van der Waals surface area contributed by atoms with Crippen molar-refractivity contribution in [3.05, 3.63) is 41.5 Å². The average molecular weight is 304 g/mol. The lowest BCUT2D eigenvalue weighted by Gasteiger charge is -2.15. The number of hydrogen-bond acceptors (Lipinski definition) is 6. The van der Waals surface area contributed by atoms with Crippen LogP contribution in [0.15, 0.2) is 24.5 Å². The van der Waals surface area contributed by atoms with Crippen LogP contribution in [0.3, 0.4) is 0 Å². The van der Waals surface area contributed by atoms with Crippen molar-refractivity contribution < 1.29 is 24.1 Å². The quantitative estimate of drug-likeness (QED) is 0.873. The summed E-state index contributed by atoms with van der Waals surface area (Å²) in [5.41, 5.74) is 1.48. The van der Waals surface area contributed by atoms with Crippen molar-refractivity contribution in [1.29, 1.82) is 0 Å². The van der Waals surface area contributed by atoms with Gasteiger partial charge in [0, 0.05) is 6.20 Å². The molecule has 0 atom stereocenters. The van der Waals surface area contributed by atoms with Gasteiger partial charge in [-0.3, -0.25) is 9.97 Å². The molecule has 0 bridgehead atoms. The molecule has 116 valence electrons. The van der Waals surface area contributed by atoms with Crippen molar-refractivity contribution >= 4 is 5.97 Å². The number of nitrogens with zero attached hydrogens (tertiary/aromatic N) is 2. The zero-order valence-corrected chi connectivity index (χ0v) is 12.5. The van der Waals surface area contributed by atoms with Crippen molar-refractivity contribution in [2.45, 2.75) is 13.5 Å². The SMILES string of the molecule is COc1cc(C(=O)O)cc(OC)c1OCc1cncc(C)n1. The van der Waals surface area contributed by atoms with Gasteiger partial charge in [-0.2, -0.15) is 0 Å². The molecule has 22 heavy (non-hydrogen) atoms. The molecule has 0 saturated carbocycles. The Morgan fingerprint density at radius 1 is 1.18 bits per heavy atom. The van der Waals surface area contributed by atoms with Crippen LogP contribution >= 0.6 is 0 Å². The van der Waals surface area contributed by atoms with Crippen LogP contribution in [-0.2, 0) is 6.61 Å². The topological polar surface area (TPSA) is 90.8 Å². The van der Waals surface area contributed by atoms with Gasteiger partial charge in [0.1, 0.15) is 6.61 Å². The molecule has 7 nitrogen and oxygen atoms in total. The van der Waals surface area contributed by atoms with Gasteiger partial charge >= 0.3 is 5.97 Å². The summed E-state index contributed by atoms with van der Waals surface area (Å²) in [5.74, 6) is -0.208. The van der Waals surface area contributed by atoms with Crippen LogP contribution in [0, 0.1) is 6.92 Å². The number of aromatic nitrogens is 2. The van der Waals surface area contributed by atoms with Gasteiger partial charge in [-0.15, -0.1) is 0 Å². The molecule has 1 aromatic heterocycles. The molecule has 1 N–H and O–H groups in total. The van der Waals surface area contributed by atoms with Crippen LogP contribution in [0.4, 0.5) is 0 Å². The lowest BCUT2D eigenvalue weighted by atomic mass is 10.2. The fourth-order valence-electron chi connectivity index (χ4n) is 1.88. The van der Waals surface area contributed by atoms with E-state index in [0.717, 1.165) is 5.69 Å². The molecule has 1 aromatic carbocycles. The molecule has 0 fully saturated rings. The highest BCUT2D eigenvalue weighted by Crippen LogP contribution is 2.39. The van der Waals surface area contributed by atoms with Crippen LogP contribution in [0.5, 0.6) is 17.2 Å². The van der Waals surface area contributed by atoms with Gasteiger partial charge in [0.05, 0.1) is 37.4 Å². The maximum absolute atomic E-state index is 11.1. The van der Waals surface area contributed by atoms with Gasteiger partial charge in [0.15, 0.2) is 11.5 Å². The monoisotopic (exact) mass is 304 g/mol. The Kier molecular flexibility index (Phi) is 4.77. The molecule has 0 saturated heterocycles. The van der Waals surface area contributed by atoms with Gasteiger partial charge in [-0.05, 0) is 19.1 Å². The van der Waals surface area contributed by atoms with Crippen LogP contribution < -0.4 is 14.2 Å². The molecule has 2 aromatic rings. The van der Waals surface area contributed by atoms with Crippen LogP contribution in [0.2, 0.25) is 0 Å². The van der Waals surface area contributed by atoms with E-state index < -0.39 is 5.97 Å². The van der Waals surface area contributed by atoms with E-state index in [2.05, 4.69) is 9.97 Å². The van der Waals surface area contributed by atoms with Crippen LogP contribution in [0.25, 0.3) is 0 Å². The van der Waals surface area contributed by atoms with Crippen molar-refractivity contribution in [3.8, 4) is 17.2 Å². The van der Waals surface area contributed by atoms with Gasteiger partial charge in [0.25, 0.3) is 0 Å². The van der Waals surface area contributed by atoms with Gasteiger partial charge in [-0.25, -0.2) is 4.79 Å². The minimum absolute atomic E-state index is 0.0522. The van der Waals surface area contributed by atoms with Crippen LogP contribution in [-0.4, -0.2) is 35.3 Å². The molecule has 7 heteroatoms. The Hall–Kier alpha value is -2.83. The first-order valence-electron chi connectivity index (χ1n) is 6.44. The number of aryl methyl sites for hydroxylation is 1. The summed E-state index contributed by atoms with van der Waals surface area (Å²) in [7, 11) is 2.86. The predicted molar refractivity (Wildman–Crippen MR) is 77.6 cm³/mol. The van der Waals surface area contributed by atoms with E-state index in [0.29, 0.717) is 11.4 Å². The maximum Gasteiger partial charge on any atom is 0.335 e. The first kappa shape index (κ1) is 15.6. The van der Waals surface area contributed by atoms with Gasteiger partial charge in [0.2, 0.25) is 5.75 Å². The van der Waals surface area contributed by atoms with E-state index in [4.69, 9.17) is 19.3 Å². The Labute approximate surface area is 127 Å². The molecular weight excluding hydrogens is 288 g/mol. The number of ether oxygens (including phenoxy) is 3. The number of benzene rings is 1. The number of carbonyl (C=O) groups is 1. The number of hydrogen-bond donors (Lipinski definition) is 1. The zero-order valence-electron chi connectivity index (χ0n) is 12.5. The molecule has 0 aliphatic carbocycles. The third-order valence-electron chi connectivity index (χ3n) is 2.88. The molecule has 2 rings (SSSR count). The van der Waals surface area contributed by atoms with E-state index in [1.807, 2.05) is 6.92 Å². The van der Waals surface area contributed by atoms with Crippen molar-refractivity contribution in [2.75, 3.05) is 14.2 Å². The first-order valence-corrected chi connectivity index (χ1v) is 6.44. The summed E-state index contributed by atoms with van der Waals surface area (Å²) < 4.78 is 16.1. The standard InChI is InChI=1S/C15H16N2O5/c1-9-6-16-7-11(17-9)8-22-14-12(20-2)4-10(15(18)19)5-13(14)21-3/h4-7H,8H2,1-3H3,(H,18,19). The molecule has 1 heterocycles. The lowest BCUT2D eigenvalue weighted by Crippen LogP contribution is -2.05. The van der Waals surface area contributed by atoms with Gasteiger partial charge in [-0.1, -0.05) is 0 Å². The number of carboxylic acids is 1. The largest absolute Gasteiger partial charge is 0.493 e. The number of carboxylic acid groups (broad SMARTS) is 1. The minimum Gasteiger partial charge on any atom is -0.493 e. The number of aromatic carboxylic acids is 1. The third-order valence-corrected chi connectivity index (χ3v) is 2.88. The third kappa shape index (κ3) is 3.43. The predicted octanol–water partition coefficient (Wildman–Crippen LogP) is 2.08. The fourth-order valence-corrected chi connectivity index (χ4v) is 1.88. The molecule has 0 unspecified atom stereocenters. The normalized spacial score (nSPS) is 10.1. The second-order valence-electron chi connectivity index (χ2n) is 4.46. The molecule has 0 spiro atoms. The smallest absolute Gasteiger partial charge is 0.335 e. The van der Waals surface area contributed by atoms with E-state index in [1.54, 1.807) is 12.4 Å². The second-order valence-corrected chi connectivity index (χ2v) is 4.46. The highest BCUT2D eigenvalue weighted by molar-refractivity contribution is 5.89. The Bertz CT molecular complexity index is 662. The molecule has 0 aliphatic rings. The zero-order chi connectivity index (χ0) is 16.1. The Morgan fingerprint density at radius 3 is 2.32 bits per heavy atom. The Balaban J connectivity index is 2.31. The van der Waals surface area contributed by atoms with E-state index in [1.165, 1.54) is 26.4 Å². The molecular formula is C15H16N2O5. The molecule has 0 amide bonds. The molecule has 0 aliphatic heterocycles. The fraction of sp³-hybridized carbons (Fsp3) is 0.267. The van der Waals surface area contributed by atoms with Gasteiger partial charge < -0.3 is 19.3 Å². The number of rotatable bonds is 6. The number of methoxy groups -OCH3 is 2. The summed E-state index contributed by atoms with van der Waals surface area (Å²) in [6.07, 6.45) is 3.24. The summed E-state index contributed by atoms with van der Waals surface area (Å²) >= 11 is 0. The Morgan fingerprint density at radius 2 is 1.82 bits per heavy atom. The summed E-state index contributed by atoms with van der Waals surface area (Å²) in [4.78, 5) is 19.4. The summed E-state index contributed by atoms with van der Waals surface area (Å²) in [6.45, 7) is 1.99. The highest BCUT2D eigenvalue weighted by atomic mass is 16.5. The summed E-state index contributed by atoms with van der Waals surface area (Å²) in [6, 6.07) is 2.75.